The number of nitrogens with one attached hydrogen (secondary N) is 7. The van der Waals surface area contributed by atoms with Crippen LogP contribution in [-0.2, 0) is 119 Å². The summed E-state index contributed by atoms with van der Waals surface area (Å²) in [6, 6.07) is -3.21. The number of hydrogen-bond acceptors (Lipinski definition) is 34. The predicted molar refractivity (Wildman–Crippen MR) is 376 cm³/mol. The molecule has 109 heavy (non-hydrogen) atoms. The molecule has 3 fully saturated rings. The molecular weight excluding hydrogens is 1460 g/mol. The van der Waals surface area contributed by atoms with Gasteiger partial charge in [0, 0.05) is 66.1 Å². The fourth-order valence-corrected chi connectivity index (χ4v) is 10.8. The van der Waals surface area contributed by atoms with Gasteiger partial charge in [-0.3, -0.25) is 33.6 Å². The Bertz CT molecular complexity index is 2200. The Morgan fingerprint density at radius 3 is 0.844 bits per heavy atom. The van der Waals surface area contributed by atoms with Gasteiger partial charge in [0.1, 0.15) is 78.6 Å². The van der Waals surface area contributed by atoms with E-state index in [4.69, 9.17) is 85.3 Å². The minimum atomic E-state index is -1.43. The van der Waals surface area contributed by atoms with Crippen LogP contribution < -0.4 is 37.2 Å². The van der Waals surface area contributed by atoms with Crippen molar-refractivity contribution < 1.29 is 165 Å². The first-order valence-corrected chi connectivity index (χ1v) is 37.2. The average molecular weight is 1580 g/mol. The third kappa shape index (κ3) is 43.3. The van der Waals surface area contributed by atoms with Gasteiger partial charge in [0.05, 0.1) is 198 Å². The number of rotatable bonds is 66. The normalized spacial score (nSPS) is 24.7. The van der Waals surface area contributed by atoms with Crippen LogP contribution in [0.25, 0.3) is 0 Å². The van der Waals surface area contributed by atoms with Crippen molar-refractivity contribution in [2.24, 2.45) is 0 Å². The van der Waals surface area contributed by atoms with Crippen LogP contribution in [0.2, 0.25) is 0 Å². The van der Waals surface area contributed by atoms with Gasteiger partial charge in [0.15, 0.2) is 18.9 Å². The number of unbranched alkanes of at least 4 members (excludes halogenated alkanes) is 3. The van der Waals surface area contributed by atoms with Crippen molar-refractivity contribution in [3.63, 3.8) is 0 Å². The third-order valence-electron chi connectivity index (χ3n) is 16.4. The summed E-state index contributed by atoms with van der Waals surface area (Å²) in [5.41, 5.74) is -1.33. The lowest BCUT2D eigenvalue weighted by Crippen LogP contribution is -2.64. The van der Waals surface area contributed by atoms with Crippen LogP contribution in [-0.4, -0.2) is 403 Å². The highest BCUT2D eigenvalue weighted by Crippen LogP contribution is 2.25. The maximum Gasteiger partial charge on any atom is 0.222 e. The zero-order valence-electron chi connectivity index (χ0n) is 63.4. The number of ether oxygens (including phenoxy) is 18. The molecule has 636 valence electrons. The smallest absolute Gasteiger partial charge is 0.222 e. The number of amides is 7. The number of hydrogen-bond donors (Lipinski definition) is 16. The molecule has 0 spiro atoms. The summed E-state index contributed by atoms with van der Waals surface area (Å²) in [5, 5.41) is 109. The SMILES string of the molecule is CCCCCCC(=O)NC(COCCC(=O)NCCOCCOCCOCCOC1OC(CO)C(O)C(O)C1NC(C)=O)(COCCC(=O)NCCOCCOCCOCCOC1OC(CO)C(O)C(O)C1NC(C)=O)COCCC(=O)NCCOCCOCCOCCOC1OC(CO)C(O)C(O)C1NC(C)=O. The Morgan fingerprint density at radius 2 is 0.587 bits per heavy atom. The number of carbonyl (C=O) groups excluding carboxylic acids is 7. The zero-order chi connectivity index (χ0) is 79.9. The van der Waals surface area contributed by atoms with Crippen molar-refractivity contribution in [3.8, 4) is 0 Å². The lowest BCUT2D eigenvalue weighted by molar-refractivity contribution is -0.272. The largest absolute Gasteiger partial charge is 0.394 e. The fraction of sp³-hybridized carbons (Fsp3) is 0.897. The second-order valence-electron chi connectivity index (χ2n) is 25.5. The molecular formula is C68H125N7O34. The first kappa shape index (κ1) is 98.4. The third-order valence-corrected chi connectivity index (χ3v) is 16.4. The van der Waals surface area contributed by atoms with E-state index in [1.165, 1.54) is 20.8 Å². The maximum absolute atomic E-state index is 13.6. The second-order valence-corrected chi connectivity index (χ2v) is 25.5. The van der Waals surface area contributed by atoms with Crippen molar-refractivity contribution in [1.29, 1.82) is 0 Å². The Morgan fingerprint density at radius 1 is 0.321 bits per heavy atom. The molecule has 16 N–H and O–H groups in total. The molecule has 0 aromatic rings. The van der Waals surface area contributed by atoms with Crippen LogP contribution in [0.3, 0.4) is 0 Å². The molecule has 0 aromatic heterocycles. The lowest BCUT2D eigenvalue weighted by atomic mass is 9.97. The summed E-state index contributed by atoms with van der Waals surface area (Å²) in [7, 11) is 0. The van der Waals surface area contributed by atoms with E-state index in [9.17, 15) is 79.5 Å². The molecule has 3 aliphatic rings. The molecule has 15 unspecified atom stereocenters. The molecule has 0 bridgehead atoms. The highest BCUT2D eigenvalue weighted by molar-refractivity contribution is 5.78. The van der Waals surface area contributed by atoms with Crippen molar-refractivity contribution in [2.45, 2.75) is 177 Å². The molecule has 0 saturated carbocycles. The summed E-state index contributed by atoms with van der Waals surface area (Å²) in [6.45, 7) is 7.41. The van der Waals surface area contributed by atoms with E-state index in [1.807, 2.05) is 0 Å². The molecule has 15 atom stereocenters. The number of carbonyl (C=O) groups is 7. The number of aliphatic hydroxyl groups is 9. The molecule has 0 aromatic carbocycles. The van der Waals surface area contributed by atoms with E-state index in [1.54, 1.807) is 0 Å². The van der Waals surface area contributed by atoms with Gasteiger partial charge in [0.25, 0.3) is 0 Å². The quantitative estimate of drug-likeness (QED) is 0.0252. The minimum Gasteiger partial charge on any atom is -0.394 e. The van der Waals surface area contributed by atoms with E-state index < -0.39 is 135 Å². The van der Waals surface area contributed by atoms with Crippen LogP contribution >= 0.6 is 0 Å². The predicted octanol–water partition coefficient (Wildman–Crippen LogP) is -7.59. The topological polar surface area (TPSA) is 552 Å². The standard InChI is InChI=1S/C68H125N7O34/c1-5-6-7-8-9-55(85)75-68(43-101-16-10-52(82)69-13-19-92-22-25-95-28-31-98-34-37-104-65-56(72-46(2)79)62(89)59(86)49(40-76)107-65,44-102-17-11-53(83)70-14-20-93-23-26-96-29-32-99-35-38-105-66-57(73-47(3)80)63(90)60(87)50(41-77)108-66)45-103-18-12-54(84)71-15-21-94-24-27-97-30-33-100-36-39-106-67-58(74-48(4)81)64(91)61(88)51(42-78)109-67/h49-51,56-67,76-78,86-91H,5-45H2,1-4H3,(H,69,82)(H,70,83)(H,71,84)(H,72,79)(H,73,80)(H,74,81)(H,75,85). The summed E-state index contributed by atoms with van der Waals surface area (Å²) in [4.78, 5) is 87.2. The molecule has 3 saturated heterocycles. The zero-order valence-corrected chi connectivity index (χ0v) is 63.4. The Kier molecular flexibility index (Phi) is 54.9. The molecule has 3 heterocycles. The summed E-state index contributed by atoms with van der Waals surface area (Å²) < 4.78 is 101. The van der Waals surface area contributed by atoms with Crippen LogP contribution in [0.1, 0.15) is 79.1 Å². The van der Waals surface area contributed by atoms with Gasteiger partial charge in [-0.1, -0.05) is 26.2 Å². The summed E-state index contributed by atoms with van der Waals surface area (Å²) >= 11 is 0. The van der Waals surface area contributed by atoms with Gasteiger partial charge >= 0.3 is 0 Å². The molecule has 41 nitrogen and oxygen atoms in total. The summed E-state index contributed by atoms with van der Waals surface area (Å²) in [5.74, 6) is -2.75. The summed E-state index contributed by atoms with van der Waals surface area (Å²) in [6.07, 6.45) is -12.0. The van der Waals surface area contributed by atoms with Crippen LogP contribution in [0.5, 0.6) is 0 Å². The van der Waals surface area contributed by atoms with Crippen molar-refractivity contribution in [3.05, 3.63) is 0 Å². The van der Waals surface area contributed by atoms with Crippen LogP contribution in [0.15, 0.2) is 0 Å². The Balaban J connectivity index is 1.40. The van der Waals surface area contributed by atoms with Gasteiger partial charge in [-0.25, -0.2) is 0 Å². The monoisotopic (exact) mass is 1580 g/mol. The first-order chi connectivity index (χ1) is 52.6. The molecule has 3 rings (SSSR count). The van der Waals surface area contributed by atoms with Crippen molar-refractivity contribution in [1.82, 2.24) is 37.2 Å². The first-order valence-electron chi connectivity index (χ1n) is 37.2. The van der Waals surface area contributed by atoms with E-state index in [2.05, 4.69) is 44.1 Å². The fourth-order valence-electron chi connectivity index (χ4n) is 10.8. The Labute approximate surface area is 635 Å². The highest BCUT2D eigenvalue weighted by atomic mass is 16.7. The lowest BCUT2D eigenvalue weighted by Gasteiger charge is -2.42. The van der Waals surface area contributed by atoms with Crippen LogP contribution in [0, 0.1) is 0 Å². The average Bonchev–Trinajstić information content (AvgIpc) is 0.825. The van der Waals surface area contributed by atoms with E-state index >= 15 is 0 Å². The highest BCUT2D eigenvalue weighted by Gasteiger charge is 2.48. The van der Waals surface area contributed by atoms with Crippen molar-refractivity contribution in [2.75, 3.05) is 218 Å². The van der Waals surface area contributed by atoms with Gasteiger partial charge < -0.3 is 168 Å². The van der Waals surface area contributed by atoms with Crippen LogP contribution in [0.4, 0.5) is 0 Å². The van der Waals surface area contributed by atoms with E-state index in [0.29, 0.717) is 6.42 Å². The second kappa shape index (κ2) is 60.8. The Hall–Kier alpha value is -4.79. The molecule has 0 aliphatic carbocycles. The maximum atomic E-state index is 13.6. The molecule has 3 aliphatic heterocycles. The van der Waals surface area contributed by atoms with Gasteiger partial charge in [-0.15, -0.1) is 0 Å². The van der Waals surface area contributed by atoms with Gasteiger partial charge in [0.2, 0.25) is 41.4 Å². The van der Waals surface area contributed by atoms with Gasteiger partial charge in [-0.05, 0) is 6.42 Å². The van der Waals surface area contributed by atoms with Gasteiger partial charge in [-0.2, -0.15) is 0 Å². The van der Waals surface area contributed by atoms with E-state index in [0.717, 1.165) is 19.3 Å². The molecule has 41 heteroatoms. The minimum absolute atomic E-state index is 0.00771. The number of aliphatic hydroxyl groups excluding tert-OH is 9. The van der Waals surface area contributed by atoms with E-state index in [-0.39, 0.29) is 247 Å². The molecule has 0 radical (unpaired) electrons. The molecule has 7 amide bonds. The van der Waals surface area contributed by atoms with Crippen molar-refractivity contribution >= 4 is 41.4 Å².